The predicted molar refractivity (Wildman–Crippen MR) is 149 cm³/mol. The first-order chi connectivity index (χ1) is 19.5. The van der Waals surface area contributed by atoms with E-state index in [1.807, 2.05) is 0 Å². The molecule has 0 bridgehead atoms. The van der Waals surface area contributed by atoms with E-state index in [-0.39, 0.29) is 34.5 Å². The Labute approximate surface area is 233 Å². The summed E-state index contributed by atoms with van der Waals surface area (Å²) in [5.74, 6) is -0.535. The van der Waals surface area contributed by atoms with Gasteiger partial charge in [-0.2, -0.15) is 18.2 Å². The summed E-state index contributed by atoms with van der Waals surface area (Å²) in [5.41, 5.74) is -0.395. The molecule has 1 saturated heterocycles. The number of benzene rings is 2. The van der Waals surface area contributed by atoms with E-state index in [1.54, 1.807) is 18.2 Å². The minimum absolute atomic E-state index is 0.00571. The van der Waals surface area contributed by atoms with Crippen LogP contribution in [0, 0.1) is 0 Å². The molecular formula is C27H26F3N7O3S. The van der Waals surface area contributed by atoms with E-state index in [0.29, 0.717) is 23.3 Å². The number of amides is 1. The fourth-order valence-corrected chi connectivity index (χ4v) is 5.16. The maximum absolute atomic E-state index is 13.9. The van der Waals surface area contributed by atoms with Gasteiger partial charge in [0.25, 0.3) is 5.91 Å². The third-order valence-corrected chi connectivity index (χ3v) is 7.01. The molecule has 1 unspecified atom stereocenters. The number of rotatable bonds is 8. The number of sulfonamides is 1. The average molecular weight is 586 g/mol. The lowest BCUT2D eigenvalue weighted by molar-refractivity contribution is -0.137. The molecule has 5 rings (SSSR count). The molecule has 2 aromatic heterocycles. The highest BCUT2D eigenvalue weighted by Crippen LogP contribution is 2.38. The summed E-state index contributed by atoms with van der Waals surface area (Å²) in [4.78, 5) is 26.4. The molecule has 10 nitrogen and oxygen atoms in total. The highest BCUT2D eigenvalue weighted by Gasteiger charge is 2.34. The van der Waals surface area contributed by atoms with Crippen LogP contribution < -0.4 is 20.7 Å². The summed E-state index contributed by atoms with van der Waals surface area (Å²) >= 11 is 0. The number of hydrogen-bond donors (Lipinski definition) is 4. The molecule has 2 aromatic carbocycles. The third kappa shape index (κ3) is 6.89. The molecule has 4 aromatic rings. The smallest absolute Gasteiger partial charge is 0.349 e. The first-order valence-electron chi connectivity index (χ1n) is 12.7. The molecule has 1 amide bonds. The number of anilines is 3. The lowest BCUT2D eigenvalue weighted by Gasteiger charge is -2.17. The fraction of sp³-hybridized carbons (Fsp3) is 0.259. The monoisotopic (exact) mass is 585 g/mol. The zero-order chi connectivity index (χ0) is 29.2. The first kappa shape index (κ1) is 28.2. The van der Waals surface area contributed by atoms with Crippen molar-refractivity contribution in [1.82, 2.24) is 25.6 Å². The zero-order valence-electron chi connectivity index (χ0n) is 21.8. The molecule has 1 aliphatic rings. The standard InChI is InChI=1S/C27H26F3N7O3S/c1-41(39,40)37-18-7-4-6-17(13-18)34-26-33-14-16-12-21(20-9-2-3-10-22(20)27(28,29)30)23(35-24(16)36-26)25(38)32-15-19-8-5-11-31-19/h2-4,6-7,9-10,12-14,19,31,37H,5,8,11,15H2,1H3,(H,32,38)(H,33,34,35,36). The summed E-state index contributed by atoms with van der Waals surface area (Å²) < 4.78 is 67.2. The van der Waals surface area contributed by atoms with Gasteiger partial charge in [-0.25, -0.2) is 18.4 Å². The van der Waals surface area contributed by atoms with Crippen molar-refractivity contribution in [1.29, 1.82) is 0 Å². The Morgan fingerprint density at radius 3 is 2.56 bits per heavy atom. The van der Waals surface area contributed by atoms with E-state index in [0.717, 1.165) is 31.7 Å². The summed E-state index contributed by atoms with van der Waals surface area (Å²) in [6.07, 6.45) is -0.389. The number of pyridine rings is 1. The molecule has 3 heterocycles. The van der Waals surface area contributed by atoms with Gasteiger partial charge in [0.2, 0.25) is 16.0 Å². The first-order valence-corrected chi connectivity index (χ1v) is 14.6. The normalized spacial score (nSPS) is 15.6. The average Bonchev–Trinajstić information content (AvgIpc) is 3.43. The molecular weight excluding hydrogens is 559 g/mol. The third-order valence-electron chi connectivity index (χ3n) is 6.40. The summed E-state index contributed by atoms with van der Waals surface area (Å²) in [6.45, 7) is 1.13. The van der Waals surface area contributed by atoms with Crippen LogP contribution in [-0.4, -0.2) is 54.7 Å². The van der Waals surface area contributed by atoms with Crippen molar-refractivity contribution in [2.75, 3.05) is 29.4 Å². The number of hydrogen-bond acceptors (Lipinski definition) is 8. The van der Waals surface area contributed by atoms with Crippen LogP contribution in [0.5, 0.6) is 0 Å². The maximum Gasteiger partial charge on any atom is 0.417 e. The van der Waals surface area contributed by atoms with Crippen LogP contribution in [0.2, 0.25) is 0 Å². The Bertz CT molecular complexity index is 1710. The van der Waals surface area contributed by atoms with Crippen LogP contribution in [0.1, 0.15) is 28.9 Å². The van der Waals surface area contributed by atoms with Crippen LogP contribution in [0.25, 0.3) is 22.2 Å². The number of carbonyl (C=O) groups is 1. The Kier molecular flexibility index (Phi) is 7.78. The number of nitrogens with zero attached hydrogens (tertiary/aromatic N) is 3. The molecule has 0 spiro atoms. The predicted octanol–water partition coefficient (Wildman–Crippen LogP) is 4.31. The molecule has 214 valence electrons. The van der Waals surface area contributed by atoms with Gasteiger partial charge < -0.3 is 16.0 Å². The van der Waals surface area contributed by atoms with E-state index in [9.17, 15) is 26.4 Å². The highest BCUT2D eigenvalue weighted by molar-refractivity contribution is 7.92. The summed E-state index contributed by atoms with van der Waals surface area (Å²) in [7, 11) is -3.49. The van der Waals surface area contributed by atoms with Gasteiger partial charge in [-0.05, 0) is 55.3 Å². The largest absolute Gasteiger partial charge is 0.417 e. The molecule has 14 heteroatoms. The minimum atomic E-state index is -4.65. The van der Waals surface area contributed by atoms with Gasteiger partial charge in [0.1, 0.15) is 5.69 Å². The van der Waals surface area contributed by atoms with Gasteiger partial charge in [-0.1, -0.05) is 24.3 Å². The fourth-order valence-electron chi connectivity index (χ4n) is 4.60. The van der Waals surface area contributed by atoms with Crippen molar-refractivity contribution < 1.29 is 26.4 Å². The Balaban J connectivity index is 1.54. The molecule has 0 saturated carbocycles. The number of fused-ring (bicyclic) bond motifs is 1. The second-order valence-electron chi connectivity index (χ2n) is 9.62. The van der Waals surface area contributed by atoms with E-state index in [4.69, 9.17) is 0 Å². The zero-order valence-corrected chi connectivity index (χ0v) is 22.6. The minimum Gasteiger partial charge on any atom is -0.349 e. The van der Waals surface area contributed by atoms with Crippen molar-refractivity contribution in [2.45, 2.75) is 25.1 Å². The van der Waals surface area contributed by atoms with E-state index >= 15 is 0 Å². The molecule has 0 aliphatic carbocycles. The van der Waals surface area contributed by atoms with Crippen molar-refractivity contribution in [3.63, 3.8) is 0 Å². The Hall–Kier alpha value is -4.30. The number of halogens is 3. The van der Waals surface area contributed by atoms with E-state index < -0.39 is 27.7 Å². The lowest BCUT2D eigenvalue weighted by atomic mass is 9.96. The molecule has 0 radical (unpaired) electrons. The number of alkyl halides is 3. The van der Waals surface area contributed by atoms with E-state index in [1.165, 1.54) is 36.5 Å². The topological polar surface area (TPSA) is 138 Å². The van der Waals surface area contributed by atoms with Gasteiger partial charge >= 0.3 is 6.18 Å². The van der Waals surface area contributed by atoms with Crippen LogP contribution in [0.3, 0.4) is 0 Å². The quantitative estimate of drug-likeness (QED) is 0.240. The lowest BCUT2D eigenvalue weighted by Crippen LogP contribution is -2.37. The van der Waals surface area contributed by atoms with Crippen LogP contribution in [0.4, 0.5) is 30.5 Å². The molecule has 1 fully saturated rings. The Morgan fingerprint density at radius 2 is 1.83 bits per heavy atom. The summed E-state index contributed by atoms with van der Waals surface area (Å²) in [5, 5.41) is 9.33. The van der Waals surface area contributed by atoms with Crippen LogP contribution >= 0.6 is 0 Å². The maximum atomic E-state index is 13.9. The number of aromatic nitrogens is 3. The van der Waals surface area contributed by atoms with Gasteiger partial charge in [0.15, 0.2) is 5.65 Å². The second kappa shape index (κ2) is 11.3. The highest BCUT2D eigenvalue weighted by atomic mass is 32.2. The van der Waals surface area contributed by atoms with E-state index in [2.05, 4.69) is 35.6 Å². The second-order valence-corrected chi connectivity index (χ2v) is 11.4. The number of carbonyl (C=O) groups excluding carboxylic acids is 1. The Morgan fingerprint density at radius 1 is 1.05 bits per heavy atom. The van der Waals surface area contributed by atoms with Gasteiger partial charge in [0, 0.05) is 35.4 Å². The van der Waals surface area contributed by atoms with Crippen LogP contribution in [-0.2, 0) is 16.2 Å². The van der Waals surface area contributed by atoms with Gasteiger partial charge in [-0.15, -0.1) is 0 Å². The SMILES string of the molecule is CS(=O)(=O)Nc1cccc(Nc2ncc3cc(-c4ccccc4C(F)(F)F)c(C(=O)NCC4CCCN4)nc3n2)c1. The van der Waals surface area contributed by atoms with Crippen molar-refractivity contribution in [3.8, 4) is 11.1 Å². The van der Waals surface area contributed by atoms with Gasteiger partial charge in [-0.3, -0.25) is 9.52 Å². The molecule has 41 heavy (non-hydrogen) atoms. The van der Waals surface area contributed by atoms with Crippen LogP contribution in [0.15, 0.2) is 60.8 Å². The van der Waals surface area contributed by atoms with Crippen molar-refractivity contribution in [3.05, 3.63) is 72.1 Å². The van der Waals surface area contributed by atoms with Crippen molar-refractivity contribution >= 4 is 44.3 Å². The van der Waals surface area contributed by atoms with Crippen molar-refractivity contribution in [2.24, 2.45) is 0 Å². The number of nitrogens with one attached hydrogen (secondary N) is 4. The molecule has 1 aliphatic heterocycles. The molecule has 4 N–H and O–H groups in total. The van der Waals surface area contributed by atoms with Gasteiger partial charge in [0.05, 0.1) is 17.5 Å². The summed E-state index contributed by atoms with van der Waals surface area (Å²) in [6, 6.07) is 12.9. The molecule has 1 atom stereocenters.